The number of aliphatic hydroxyl groups excluding tert-OH is 5. The monoisotopic (exact) mass is 496 g/mol. The molecule has 0 aliphatic rings. The highest BCUT2D eigenvalue weighted by Gasteiger charge is 2.07. The summed E-state index contributed by atoms with van der Waals surface area (Å²) in [6.45, 7) is 7.58. The Labute approximate surface area is 210 Å². The number of unbranched alkanes of at least 4 members (excludes halogenated alkanes) is 14. The van der Waals surface area contributed by atoms with Crippen LogP contribution in [0.3, 0.4) is 0 Å². The third-order valence-corrected chi connectivity index (χ3v) is 4.63. The number of esters is 1. The van der Waals surface area contributed by atoms with Crippen LogP contribution in [0.15, 0.2) is 0 Å². The first kappa shape index (κ1) is 40.4. The van der Waals surface area contributed by atoms with E-state index in [1.54, 1.807) is 20.8 Å². The smallest absolute Gasteiger partial charge is 0.305 e. The Morgan fingerprint density at radius 3 is 1.18 bits per heavy atom. The maximum absolute atomic E-state index is 11.4. The molecule has 0 heterocycles. The van der Waals surface area contributed by atoms with Gasteiger partial charge in [-0.15, -0.1) is 0 Å². The van der Waals surface area contributed by atoms with Gasteiger partial charge in [-0.3, -0.25) is 4.79 Å². The second-order valence-electron chi connectivity index (χ2n) is 8.17. The van der Waals surface area contributed by atoms with Crippen LogP contribution in [-0.4, -0.2) is 70.6 Å². The molecule has 7 heteroatoms. The van der Waals surface area contributed by atoms with Crippen molar-refractivity contribution in [2.75, 3.05) is 33.0 Å². The summed E-state index contributed by atoms with van der Waals surface area (Å²) >= 11 is 0. The van der Waals surface area contributed by atoms with E-state index in [0.29, 0.717) is 6.42 Å². The zero-order chi connectivity index (χ0) is 26.7. The van der Waals surface area contributed by atoms with E-state index in [0.717, 1.165) is 12.8 Å². The third-order valence-electron chi connectivity index (χ3n) is 4.63. The highest BCUT2D eigenvalue weighted by molar-refractivity contribution is 5.69. The predicted octanol–water partition coefficient (Wildman–Crippen LogP) is 5.14. The first-order valence-electron chi connectivity index (χ1n) is 13.7. The minimum Gasteiger partial charge on any atom is -0.463 e. The van der Waals surface area contributed by atoms with E-state index in [1.165, 1.54) is 83.5 Å². The molecule has 5 N–H and O–H groups in total. The van der Waals surface area contributed by atoms with Gasteiger partial charge in [0.1, 0.15) is 12.7 Å². The van der Waals surface area contributed by atoms with E-state index in [1.807, 2.05) is 0 Å². The Balaban J connectivity index is -0.000000429. The SMILES string of the molecule is CCCCCCCCCCCCCCCCCC(=O)OCC(O)CO.CCO.CCO.CCO. The van der Waals surface area contributed by atoms with E-state index in [-0.39, 0.29) is 39.0 Å². The molecule has 0 aromatic rings. The highest BCUT2D eigenvalue weighted by Crippen LogP contribution is 2.13. The van der Waals surface area contributed by atoms with Crippen molar-refractivity contribution < 1.29 is 35.1 Å². The second-order valence-corrected chi connectivity index (χ2v) is 8.17. The molecule has 1 atom stereocenters. The molecule has 1 unspecified atom stereocenters. The molecular formula is C27H60O7. The largest absolute Gasteiger partial charge is 0.463 e. The van der Waals surface area contributed by atoms with Gasteiger partial charge in [0.15, 0.2) is 0 Å². The van der Waals surface area contributed by atoms with Crippen LogP contribution >= 0.6 is 0 Å². The second kappa shape index (κ2) is 42.4. The fourth-order valence-electron chi connectivity index (χ4n) is 2.95. The molecule has 0 spiro atoms. The molecular weight excluding hydrogens is 436 g/mol. The zero-order valence-electron chi connectivity index (χ0n) is 23.0. The number of rotatable bonds is 19. The summed E-state index contributed by atoms with van der Waals surface area (Å²) in [5.74, 6) is -0.276. The highest BCUT2D eigenvalue weighted by atomic mass is 16.5. The first-order valence-corrected chi connectivity index (χ1v) is 13.7. The van der Waals surface area contributed by atoms with Gasteiger partial charge < -0.3 is 30.3 Å². The van der Waals surface area contributed by atoms with Crippen LogP contribution in [0.5, 0.6) is 0 Å². The molecule has 0 amide bonds. The third kappa shape index (κ3) is 52.9. The van der Waals surface area contributed by atoms with E-state index >= 15 is 0 Å². The zero-order valence-corrected chi connectivity index (χ0v) is 23.0. The van der Waals surface area contributed by atoms with E-state index in [9.17, 15) is 4.79 Å². The average Bonchev–Trinajstić information content (AvgIpc) is 2.81. The number of hydrogen-bond donors (Lipinski definition) is 5. The molecule has 0 saturated heterocycles. The summed E-state index contributed by atoms with van der Waals surface area (Å²) in [6.07, 6.45) is 19.0. The van der Waals surface area contributed by atoms with Crippen LogP contribution < -0.4 is 0 Å². The summed E-state index contributed by atoms with van der Waals surface area (Å²) in [5, 5.41) is 40.4. The molecule has 7 nitrogen and oxygen atoms in total. The number of aliphatic hydroxyl groups is 5. The van der Waals surface area contributed by atoms with E-state index in [4.69, 9.17) is 30.3 Å². The fourth-order valence-corrected chi connectivity index (χ4v) is 2.95. The number of ether oxygens (including phenoxy) is 1. The van der Waals surface area contributed by atoms with Crippen molar-refractivity contribution in [3.63, 3.8) is 0 Å². The van der Waals surface area contributed by atoms with Crippen LogP contribution in [0.25, 0.3) is 0 Å². The van der Waals surface area contributed by atoms with Gasteiger partial charge in [-0.2, -0.15) is 0 Å². The predicted molar refractivity (Wildman–Crippen MR) is 142 cm³/mol. The molecule has 34 heavy (non-hydrogen) atoms. The van der Waals surface area contributed by atoms with Crippen LogP contribution in [0, 0.1) is 0 Å². The van der Waals surface area contributed by atoms with Crippen molar-refractivity contribution in [2.45, 2.75) is 137 Å². The van der Waals surface area contributed by atoms with E-state index in [2.05, 4.69) is 6.92 Å². The lowest BCUT2D eigenvalue weighted by molar-refractivity contribution is -0.147. The molecule has 0 radical (unpaired) electrons. The fraction of sp³-hybridized carbons (Fsp3) is 0.963. The van der Waals surface area contributed by atoms with Gasteiger partial charge in [0.2, 0.25) is 0 Å². The van der Waals surface area contributed by atoms with Crippen molar-refractivity contribution in [1.29, 1.82) is 0 Å². The summed E-state index contributed by atoms with van der Waals surface area (Å²) in [6, 6.07) is 0. The Hall–Kier alpha value is -0.730. The molecule has 0 aliphatic heterocycles. The Morgan fingerprint density at radius 1 is 0.588 bits per heavy atom. The quantitative estimate of drug-likeness (QED) is 0.124. The van der Waals surface area contributed by atoms with Gasteiger partial charge in [0.25, 0.3) is 0 Å². The molecule has 0 fully saturated rings. The average molecular weight is 497 g/mol. The van der Waals surface area contributed by atoms with Gasteiger partial charge in [-0.05, 0) is 27.2 Å². The van der Waals surface area contributed by atoms with Gasteiger partial charge in [-0.25, -0.2) is 0 Å². The standard InChI is InChI=1S/C21H42O4.3C2H6O/c1-2-3-4-5-6-7-8-9-10-11-12-13-14-15-16-17-21(24)25-19-20(23)18-22;3*1-2-3/h20,22-23H,2-19H2,1H3;3*3H,2H2,1H3. The molecule has 0 aliphatic carbocycles. The lowest BCUT2D eigenvalue weighted by Crippen LogP contribution is -2.21. The lowest BCUT2D eigenvalue weighted by Gasteiger charge is -2.08. The molecule has 0 aromatic carbocycles. The summed E-state index contributed by atoms with van der Waals surface area (Å²) in [7, 11) is 0. The van der Waals surface area contributed by atoms with Crippen LogP contribution in [0.2, 0.25) is 0 Å². The lowest BCUT2D eigenvalue weighted by atomic mass is 10.0. The normalized spacial score (nSPS) is 10.6. The number of carbonyl (C=O) groups is 1. The van der Waals surface area contributed by atoms with Crippen molar-refractivity contribution in [2.24, 2.45) is 0 Å². The van der Waals surface area contributed by atoms with Crippen molar-refractivity contribution in [3.05, 3.63) is 0 Å². The maximum atomic E-state index is 11.4. The molecule has 0 saturated carbocycles. The Morgan fingerprint density at radius 2 is 0.882 bits per heavy atom. The summed E-state index contributed by atoms with van der Waals surface area (Å²) < 4.78 is 4.86. The van der Waals surface area contributed by atoms with Crippen molar-refractivity contribution >= 4 is 5.97 Å². The molecule has 0 aromatic heterocycles. The van der Waals surface area contributed by atoms with Crippen molar-refractivity contribution in [1.82, 2.24) is 0 Å². The van der Waals surface area contributed by atoms with E-state index < -0.39 is 6.10 Å². The summed E-state index contributed by atoms with van der Waals surface area (Å²) in [5.41, 5.74) is 0. The Kier molecular flexibility index (Phi) is 50.5. The topological polar surface area (TPSA) is 127 Å². The minimum atomic E-state index is -0.954. The van der Waals surface area contributed by atoms with Gasteiger partial charge in [0.05, 0.1) is 6.61 Å². The summed E-state index contributed by atoms with van der Waals surface area (Å²) in [4.78, 5) is 11.4. The minimum absolute atomic E-state index is 0.103. The van der Waals surface area contributed by atoms with Crippen molar-refractivity contribution in [3.8, 4) is 0 Å². The van der Waals surface area contributed by atoms with Gasteiger partial charge >= 0.3 is 5.97 Å². The van der Waals surface area contributed by atoms with Gasteiger partial charge in [0, 0.05) is 26.2 Å². The maximum Gasteiger partial charge on any atom is 0.305 e. The van der Waals surface area contributed by atoms with Crippen LogP contribution in [0.4, 0.5) is 0 Å². The molecule has 0 rings (SSSR count). The van der Waals surface area contributed by atoms with Gasteiger partial charge in [-0.1, -0.05) is 96.8 Å². The first-order chi connectivity index (χ1) is 16.4. The molecule has 0 bridgehead atoms. The molecule has 210 valence electrons. The number of hydrogen-bond acceptors (Lipinski definition) is 7. The van der Waals surface area contributed by atoms with Crippen LogP contribution in [0.1, 0.15) is 130 Å². The number of carbonyl (C=O) groups excluding carboxylic acids is 1. The Bertz CT molecular complexity index is 323. The van der Waals surface area contributed by atoms with Crippen LogP contribution in [-0.2, 0) is 9.53 Å².